The van der Waals surface area contributed by atoms with E-state index in [2.05, 4.69) is 4.98 Å². The van der Waals surface area contributed by atoms with Crippen LogP contribution in [0, 0.1) is 6.92 Å². The highest BCUT2D eigenvalue weighted by Gasteiger charge is 2.19. The zero-order valence-electron chi connectivity index (χ0n) is 6.10. The minimum atomic E-state index is -3.43. The predicted molar refractivity (Wildman–Crippen MR) is 41.0 cm³/mol. The van der Waals surface area contributed by atoms with E-state index in [4.69, 9.17) is 15.1 Å². The third-order valence-corrected chi connectivity index (χ3v) is 1.31. The maximum Gasteiger partial charge on any atom is 0.420 e. The van der Waals surface area contributed by atoms with Crippen LogP contribution < -0.4 is 5.59 Å². The Hall–Kier alpha value is -0.905. The van der Waals surface area contributed by atoms with Crippen LogP contribution in [0.2, 0.25) is 0 Å². The van der Waals surface area contributed by atoms with Gasteiger partial charge in [0.2, 0.25) is 0 Å². The van der Waals surface area contributed by atoms with Crippen LogP contribution in [0.4, 0.5) is 0 Å². The van der Waals surface area contributed by atoms with Gasteiger partial charge in [0.25, 0.3) is 0 Å². The van der Waals surface area contributed by atoms with E-state index in [1.54, 1.807) is 19.1 Å². The lowest BCUT2D eigenvalue weighted by Crippen LogP contribution is -2.50. The zero-order chi connectivity index (χ0) is 8.48. The molecule has 0 aromatic carbocycles. The third-order valence-electron chi connectivity index (χ3n) is 1.31. The first-order valence-electron chi connectivity index (χ1n) is 3.25. The average Bonchev–Trinajstić information content (AvgIpc) is 1.86. The molecule has 0 atom stereocenters. The summed E-state index contributed by atoms with van der Waals surface area (Å²) in [7, 11) is 0. The fourth-order valence-corrected chi connectivity index (χ4v) is 0.780. The zero-order valence-corrected chi connectivity index (χ0v) is 6.10. The van der Waals surface area contributed by atoms with Gasteiger partial charge >= 0.3 is 6.75 Å². The Labute approximate surface area is 64.2 Å². The largest absolute Gasteiger partial charge is 0.555 e. The molecule has 0 aliphatic heterocycles. The van der Waals surface area contributed by atoms with Crippen LogP contribution in [0.25, 0.3) is 0 Å². The van der Waals surface area contributed by atoms with Crippen molar-refractivity contribution in [1.82, 2.24) is 4.98 Å². The number of aryl methyl sites for hydroxylation is 1. The second-order valence-corrected chi connectivity index (χ2v) is 2.44. The van der Waals surface area contributed by atoms with Gasteiger partial charge < -0.3 is 15.1 Å². The lowest BCUT2D eigenvalue weighted by Gasteiger charge is -2.19. The van der Waals surface area contributed by atoms with Gasteiger partial charge in [0.05, 0.1) is 0 Å². The molecule has 11 heavy (non-hydrogen) atoms. The summed E-state index contributed by atoms with van der Waals surface area (Å²) in [5.41, 5.74) is 0.524. The van der Waals surface area contributed by atoms with E-state index in [-0.39, 0.29) is 5.59 Å². The van der Waals surface area contributed by atoms with E-state index in [0.717, 1.165) is 0 Å². The van der Waals surface area contributed by atoms with Crippen LogP contribution in [0.1, 0.15) is 5.69 Å². The molecule has 0 unspecified atom stereocenters. The Morgan fingerprint density at radius 1 is 1.27 bits per heavy atom. The van der Waals surface area contributed by atoms with E-state index in [9.17, 15) is 0 Å². The van der Waals surface area contributed by atoms with Gasteiger partial charge in [-0.2, -0.15) is 0 Å². The number of nitrogens with zero attached hydrogens (tertiary/aromatic N) is 1. The molecule has 0 radical (unpaired) electrons. The van der Waals surface area contributed by atoms with Crippen molar-refractivity contribution >= 4 is 12.3 Å². The molecule has 1 rings (SSSR count). The molecule has 60 valence electrons. The lowest BCUT2D eigenvalue weighted by atomic mass is 9.75. The number of hydrogen-bond acceptors (Lipinski definition) is 4. The summed E-state index contributed by atoms with van der Waals surface area (Å²) < 4.78 is 0. The van der Waals surface area contributed by atoms with Crippen LogP contribution >= 0.6 is 0 Å². The molecule has 0 spiro atoms. The van der Waals surface area contributed by atoms with Gasteiger partial charge in [0.1, 0.15) is 0 Å². The second-order valence-electron chi connectivity index (χ2n) is 2.44. The standard InChI is InChI=1S/C6H9BNO3/c1-5-3-2-4-6(8-5)7(9,10)11/h2-4,9-11H,1H3/q-1. The number of hydrogen-bond donors (Lipinski definition) is 3. The Bertz CT molecular complexity index is 258. The maximum absolute atomic E-state index is 8.72. The summed E-state index contributed by atoms with van der Waals surface area (Å²) in [5.74, 6) is 0. The lowest BCUT2D eigenvalue weighted by molar-refractivity contribution is 0.248. The summed E-state index contributed by atoms with van der Waals surface area (Å²) in [6, 6.07) is 4.65. The van der Waals surface area contributed by atoms with E-state index >= 15 is 0 Å². The van der Waals surface area contributed by atoms with Crippen LogP contribution in [0.5, 0.6) is 0 Å². The first-order chi connectivity index (χ1) is 5.00. The molecular formula is C6H9BNO3-. The summed E-state index contributed by atoms with van der Waals surface area (Å²) >= 11 is 0. The molecule has 0 saturated carbocycles. The Morgan fingerprint density at radius 2 is 1.91 bits per heavy atom. The van der Waals surface area contributed by atoms with Crippen LogP contribution in [-0.2, 0) is 0 Å². The number of rotatable bonds is 1. The molecule has 0 aliphatic rings. The van der Waals surface area contributed by atoms with E-state index < -0.39 is 6.75 Å². The maximum atomic E-state index is 8.72. The summed E-state index contributed by atoms with van der Waals surface area (Å²) in [5, 5.41) is 26.2. The van der Waals surface area contributed by atoms with Crippen molar-refractivity contribution in [2.75, 3.05) is 0 Å². The average molecular weight is 154 g/mol. The minimum Gasteiger partial charge on any atom is -0.555 e. The summed E-state index contributed by atoms with van der Waals surface area (Å²) in [4.78, 5) is 3.72. The normalized spacial score (nSPS) is 11.6. The molecule has 4 nitrogen and oxygen atoms in total. The highest BCUT2D eigenvalue weighted by molar-refractivity contribution is 6.70. The van der Waals surface area contributed by atoms with Gasteiger partial charge in [-0.05, 0) is 18.6 Å². The quantitative estimate of drug-likeness (QED) is 0.431. The molecule has 0 saturated heterocycles. The Balaban J connectivity index is 3.06. The second kappa shape index (κ2) is 2.62. The molecule has 5 heteroatoms. The van der Waals surface area contributed by atoms with E-state index in [0.29, 0.717) is 5.69 Å². The van der Waals surface area contributed by atoms with Crippen molar-refractivity contribution in [3.8, 4) is 0 Å². The highest BCUT2D eigenvalue weighted by atomic mass is 16.5. The molecule has 0 fully saturated rings. The van der Waals surface area contributed by atoms with Crippen molar-refractivity contribution in [1.29, 1.82) is 0 Å². The van der Waals surface area contributed by atoms with Crippen LogP contribution in [0.3, 0.4) is 0 Å². The summed E-state index contributed by atoms with van der Waals surface area (Å²) in [6.45, 7) is -1.73. The van der Waals surface area contributed by atoms with Crippen molar-refractivity contribution in [3.63, 3.8) is 0 Å². The number of aromatic nitrogens is 1. The van der Waals surface area contributed by atoms with Gasteiger partial charge in [-0.25, -0.2) is 0 Å². The Morgan fingerprint density at radius 3 is 2.27 bits per heavy atom. The fraction of sp³-hybridized carbons (Fsp3) is 0.167. The van der Waals surface area contributed by atoms with Crippen LogP contribution in [-0.4, -0.2) is 26.8 Å². The van der Waals surface area contributed by atoms with Gasteiger partial charge in [0.15, 0.2) is 0 Å². The first-order valence-corrected chi connectivity index (χ1v) is 3.25. The van der Waals surface area contributed by atoms with Gasteiger partial charge in [-0.3, -0.25) is 4.98 Å². The van der Waals surface area contributed by atoms with Crippen LogP contribution in [0.15, 0.2) is 18.2 Å². The third kappa shape index (κ3) is 2.01. The molecule has 1 aromatic rings. The fourth-order valence-electron chi connectivity index (χ4n) is 0.780. The molecule has 1 heterocycles. The smallest absolute Gasteiger partial charge is 0.420 e. The van der Waals surface area contributed by atoms with Gasteiger partial charge in [-0.15, -0.1) is 0 Å². The van der Waals surface area contributed by atoms with Gasteiger partial charge in [-0.1, -0.05) is 12.1 Å². The van der Waals surface area contributed by atoms with Crippen molar-refractivity contribution in [2.24, 2.45) is 0 Å². The molecular weight excluding hydrogens is 145 g/mol. The first kappa shape index (κ1) is 8.19. The van der Waals surface area contributed by atoms with Crippen molar-refractivity contribution in [3.05, 3.63) is 23.9 Å². The highest BCUT2D eigenvalue weighted by Crippen LogP contribution is 1.91. The van der Waals surface area contributed by atoms with Crippen molar-refractivity contribution in [2.45, 2.75) is 6.92 Å². The Kier molecular flexibility index (Phi) is 1.95. The minimum absolute atomic E-state index is 0.106. The molecule has 0 bridgehead atoms. The topological polar surface area (TPSA) is 73.6 Å². The molecule has 3 N–H and O–H groups in total. The van der Waals surface area contributed by atoms with E-state index in [1.165, 1.54) is 6.07 Å². The molecule has 1 aromatic heterocycles. The SMILES string of the molecule is Cc1cccc([B-](O)(O)O)n1. The molecule has 0 amide bonds. The van der Waals surface area contributed by atoms with Crippen molar-refractivity contribution < 1.29 is 15.1 Å². The van der Waals surface area contributed by atoms with Gasteiger partial charge in [0, 0.05) is 5.69 Å². The monoisotopic (exact) mass is 154 g/mol. The molecule has 0 aliphatic carbocycles. The van der Waals surface area contributed by atoms with E-state index in [1.807, 2.05) is 0 Å². The number of pyridine rings is 1. The summed E-state index contributed by atoms with van der Waals surface area (Å²) in [6.07, 6.45) is 0. The predicted octanol–water partition coefficient (Wildman–Crippen LogP) is -1.49.